The van der Waals surface area contributed by atoms with Crippen LogP contribution in [0.2, 0.25) is 0 Å². The first-order valence-corrected chi connectivity index (χ1v) is 4.93. The first kappa shape index (κ1) is 9.21. The Morgan fingerprint density at radius 2 is 2.36 bits per heavy atom. The second-order valence-electron chi connectivity index (χ2n) is 3.26. The summed E-state index contributed by atoms with van der Waals surface area (Å²) in [6.07, 6.45) is 2.52. The minimum Gasteiger partial charge on any atom is -0.443 e. The summed E-state index contributed by atoms with van der Waals surface area (Å²) >= 11 is 0. The normalized spacial score (nSPS) is 10.9. The van der Waals surface area contributed by atoms with E-state index in [1.165, 1.54) is 12.0 Å². The van der Waals surface area contributed by atoms with E-state index in [0.29, 0.717) is 0 Å². The number of nitrogens with zero attached hydrogens (tertiary/aromatic N) is 1. The van der Waals surface area contributed by atoms with Crippen LogP contribution in [0.1, 0.15) is 12.5 Å². The molecule has 0 amide bonds. The highest BCUT2D eigenvalue weighted by Gasteiger charge is 1.99. The van der Waals surface area contributed by atoms with Crippen molar-refractivity contribution >= 4 is 11.1 Å². The minimum atomic E-state index is 0.874. The number of benzene rings is 1. The van der Waals surface area contributed by atoms with Gasteiger partial charge >= 0.3 is 0 Å². The lowest BCUT2D eigenvalue weighted by Crippen LogP contribution is -2.15. The van der Waals surface area contributed by atoms with E-state index in [0.717, 1.165) is 30.6 Å². The molecule has 0 saturated heterocycles. The first-order valence-electron chi connectivity index (χ1n) is 4.93. The van der Waals surface area contributed by atoms with Gasteiger partial charge in [-0.05, 0) is 37.2 Å². The summed E-state index contributed by atoms with van der Waals surface area (Å²) in [5.74, 6) is 0. The van der Waals surface area contributed by atoms with Crippen LogP contribution in [0, 0.1) is 0 Å². The predicted molar refractivity (Wildman–Crippen MR) is 56.3 cm³/mol. The summed E-state index contributed by atoms with van der Waals surface area (Å²) in [5, 5.41) is 3.29. The largest absolute Gasteiger partial charge is 0.443 e. The number of rotatable bonds is 4. The molecule has 1 aromatic carbocycles. The van der Waals surface area contributed by atoms with E-state index in [1.807, 2.05) is 6.07 Å². The average molecular weight is 190 g/mol. The minimum absolute atomic E-state index is 0.874. The van der Waals surface area contributed by atoms with Crippen molar-refractivity contribution in [3.05, 3.63) is 30.2 Å². The molecule has 1 aromatic heterocycles. The molecular weight excluding hydrogens is 176 g/mol. The molecule has 0 bridgehead atoms. The molecular formula is C11H14N2O. The average Bonchev–Trinajstić information content (AvgIpc) is 2.65. The Balaban J connectivity index is 2.10. The van der Waals surface area contributed by atoms with Crippen molar-refractivity contribution in [2.75, 3.05) is 13.1 Å². The van der Waals surface area contributed by atoms with Crippen molar-refractivity contribution in [2.24, 2.45) is 0 Å². The third-order valence-electron chi connectivity index (χ3n) is 2.24. The summed E-state index contributed by atoms with van der Waals surface area (Å²) in [7, 11) is 0. The van der Waals surface area contributed by atoms with E-state index in [-0.39, 0.29) is 0 Å². The van der Waals surface area contributed by atoms with Crippen molar-refractivity contribution in [1.82, 2.24) is 10.3 Å². The number of oxazole rings is 1. The standard InChI is InChI=1S/C11H14N2O/c1-2-12-6-5-9-3-4-10-11(7-9)14-8-13-10/h3-4,7-8,12H,2,5-6H2,1H3. The summed E-state index contributed by atoms with van der Waals surface area (Å²) < 4.78 is 5.23. The molecule has 74 valence electrons. The van der Waals surface area contributed by atoms with Crippen LogP contribution in [0.4, 0.5) is 0 Å². The smallest absolute Gasteiger partial charge is 0.181 e. The van der Waals surface area contributed by atoms with Gasteiger partial charge in [0.2, 0.25) is 0 Å². The number of fused-ring (bicyclic) bond motifs is 1. The highest BCUT2D eigenvalue weighted by Crippen LogP contribution is 2.14. The summed E-state index contributed by atoms with van der Waals surface area (Å²) in [6.45, 7) is 4.14. The fourth-order valence-corrected chi connectivity index (χ4v) is 1.46. The van der Waals surface area contributed by atoms with Crippen LogP contribution in [0.3, 0.4) is 0 Å². The third kappa shape index (κ3) is 1.93. The van der Waals surface area contributed by atoms with Crippen LogP contribution < -0.4 is 5.32 Å². The van der Waals surface area contributed by atoms with Crippen LogP contribution in [-0.4, -0.2) is 18.1 Å². The molecule has 0 fully saturated rings. The lowest BCUT2D eigenvalue weighted by molar-refractivity contribution is 0.601. The number of likely N-dealkylation sites (N-methyl/N-ethyl adjacent to an activating group) is 1. The van der Waals surface area contributed by atoms with Crippen LogP contribution >= 0.6 is 0 Å². The molecule has 0 saturated carbocycles. The molecule has 0 radical (unpaired) electrons. The van der Waals surface area contributed by atoms with Crippen molar-refractivity contribution < 1.29 is 4.42 Å². The van der Waals surface area contributed by atoms with Gasteiger partial charge in [-0.1, -0.05) is 13.0 Å². The van der Waals surface area contributed by atoms with Gasteiger partial charge in [0.05, 0.1) is 0 Å². The van der Waals surface area contributed by atoms with Crippen molar-refractivity contribution in [1.29, 1.82) is 0 Å². The fraction of sp³-hybridized carbons (Fsp3) is 0.364. The third-order valence-corrected chi connectivity index (χ3v) is 2.24. The molecule has 0 aliphatic carbocycles. The van der Waals surface area contributed by atoms with Gasteiger partial charge in [-0.25, -0.2) is 4.98 Å². The quantitative estimate of drug-likeness (QED) is 0.749. The molecule has 2 aromatic rings. The Morgan fingerprint density at radius 3 is 3.21 bits per heavy atom. The zero-order chi connectivity index (χ0) is 9.80. The van der Waals surface area contributed by atoms with Crippen LogP contribution in [0.15, 0.2) is 29.0 Å². The number of hydrogen-bond acceptors (Lipinski definition) is 3. The van der Waals surface area contributed by atoms with Crippen LogP contribution in [-0.2, 0) is 6.42 Å². The number of hydrogen-bond donors (Lipinski definition) is 1. The van der Waals surface area contributed by atoms with Gasteiger partial charge in [-0.3, -0.25) is 0 Å². The Labute approximate surface area is 83.1 Å². The number of aromatic nitrogens is 1. The van der Waals surface area contributed by atoms with Crippen molar-refractivity contribution in [3.8, 4) is 0 Å². The van der Waals surface area contributed by atoms with E-state index >= 15 is 0 Å². The number of nitrogens with one attached hydrogen (secondary N) is 1. The molecule has 1 heterocycles. The van der Waals surface area contributed by atoms with Gasteiger partial charge in [-0.15, -0.1) is 0 Å². The van der Waals surface area contributed by atoms with E-state index in [4.69, 9.17) is 4.42 Å². The maximum Gasteiger partial charge on any atom is 0.181 e. The highest BCUT2D eigenvalue weighted by atomic mass is 16.3. The molecule has 0 atom stereocenters. The molecule has 0 spiro atoms. The molecule has 1 N–H and O–H groups in total. The maximum absolute atomic E-state index is 5.23. The predicted octanol–water partition coefficient (Wildman–Crippen LogP) is 1.98. The summed E-state index contributed by atoms with van der Waals surface area (Å²) in [5.41, 5.74) is 3.09. The van der Waals surface area contributed by atoms with E-state index in [1.54, 1.807) is 0 Å². The highest BCUT2D eigenvalue weighted by molar-refractivity contribution is 5.72. The Morgan fingerprint density at radius 1 is 1.43 bits per heavy atom. The molecule has 3 nitrogen and oxygen atoms in total. The van der Waals surface area contributed by atoms with E-state index in [2.05, 4.69) is 29.4 Å². The fourth-order valence-electron chi connectivity index (χ4n) is 1.46. The van der Waals surface area contributed by atoms with Gasteiger partial charge in [0.25, 0.3) is 0 Å². The lowest BCUT2D eigenvalue weighted by atomic mass is 10.1. The van der Waals surface area contributed by atoms with Crippen molar-refractivity contribution in [2.45, 2.75) is 13.3 Å². The van der Waals surface area contributed by atoms with Gasteiger partial charge in [0.1, 0.15) is 5.52 Å². The second kappa shape index (κ2) is 4.24. The Kier molecular flexibility index (Phi) is 2.79. The van der Waals surface area contributed by atoms with Gasteiger partial charge in [0.15, 0.2) is 12.0 Å². The second-order valence-corrected chi connectivity index (χ2v) is 3.26. The van der Waals surface area contributed by atoms with E-state index < -0.39 is 0 Å². The maximum atomic E-state index is 5.23. The molecule has 0 aliphatic heterocycles. The molecule has 0 unspecified atom stereocenters. The van der Waals surface area contributed by atoms with Crippen LogP contribution in [0.25, 0.3) is 11.1 Å². The summed E-state index contributed by atoms with van der Waals surface area (Å²) in [4.78, 5) is 4.07. The zero-order valence-corrected chi connectivity index (χ0v) is 8.29. The topological polar surface area (TPSA) is 38.1 Å². The lowest BCUT2D eigenvalue weighted by Gasteiger charge is -2.01. The van der Waals surface area contributed by atoms with Gasteiger partial charge in [0, 0.05) is 0 Å². The molecule has 14 heavy (non-hydrogen) atoms. The Bertz CT molecular complexity index is 408. The molecule has 3 heteroatoms. The van der Waals surface area contributed by atoms with E-state index in [9.17, 15) is 0 Å². The van der Waals surface area contributed by atoms with Gasteiger partial charge < -0.3 is 9.73 Å². The van der Waals surface area contributed by atoms with Crippen molar-refractivity contribution in [3.63, 3.8) is 0 Å². The first-order chi connectivity index (χ1) is 6.90. The zero-order valence-electron chi connectivity index (χ0n) is 8.29. The van der Waals surface area contributed by atoms with Crippen LogP contribution in [0.5, 0.6) is 0 Å². The summed E-state index contributed by atoms with van der Waals surface area (Å²) in [6, 6.07) is 6.15. The molecule has 2 rings (SSSR count). The molecule has 0 aliphatic rings. The SMILES string of the molecule is CCNCCc1ccc2ncoc2c1. The monoisotopic (exact) mass is 190 g/mol. The van der Waals surface area contributed by atoms with Gasteiger partial charge in [-0.2, -0.15) is 0 Å². The Hall–Kier alpha value is -1.35.